The number of anilines is 1. The van der Waals surface area contributed by atoms with Gasteiger partial charge in [0.15, 0.2) is 5.78 Å². The number of nitriles is 1. The van der Waals surface area contributed by atoms with Gasteiger partial charge in [-0.15, -0.1) is 0 Å². The van der Waals surface area contributed by atoms with Gasteiger partial charge in [-0.25, -0.2) is 4.68 Å². The number of methoxy groups -OCH3 is 1. The summed E-state index contributed by atoms with van der Waals surface area (Å²) in [6, 6.07) is 16.9. The fourth-order valence-corrected chi connectivity index (χ4v) is 6.01. The van der Waals surface area contributed by atoms with Crippen LogP contribution in [0.3, 0.4) is 0 Å². The molecule has 1 atom stereocenters. The van der Waals surface area contributed by atoms with E-state index in [4.69, 9.17) is 33.7 Å². The second-order valence-electron chi connectivity index (χ2n) is 10.4. The molecule has 0 bridgehead atoms. The van der Waals surface area contributed by atoms with E-state index in [0.29, 0.717) is 51.3 Å². The van der Waals surface area contributed by atoms with Crippen LogP contribution in [0.15, 0.2) is 71.2 Å². The molecular formula is C29H27Cl2N5O2. The molecule has 1 aliphatic carbocycles. The number of halogens is 2. The van der Waals surface area contributed by atoms with Crippen LogP contribution in [0.5, 0.6) is 5.75 Å². The fraction of sp³-hybridized carbons (Fsp3) is 0.276. The Kier molecular flexibility index (Phi) is 6.50. The van der Waals surface area contributed by atoms with E-state index >= 15 is 0 Å². The third-order valence-corrected chi connectivity index (χ3v) is 7.70. The summed E-state index contributed by atoms with van der Waals surface area (Å²) < 4.78 is 6.90. The molecule has 0 spiro atoms. The number of ether oxygens (including phenoxy) is 1. The van der Waals surface area contributed by atoms with Crippen molar-refractivity contribution < 1.29 is 9.53 Å². The summed E-state index contributed by atoms with van der Waals surface area (Å²) in [4.78, 5) is 15.7. The minimum absolute atomic E-state index is 0.0361. The van der Waals surface area contributed by atoms with Crippen molar-refractivity contribution in [3.63, 3.8) is 0 Å². The largest absolute Gasteiger partial charge is 0.497 e. The van der Waals surface area contributed by atoms with Gasteiger partial charge in [0.2, 0.25) is 0 Å². The Morgan fingerprint density at radius 1 is 1.13 bits per heavy atom. The lowest BCUT2D eigenvalue weighted by Gasteiger charge is -2.43. The van der Waals surface area contributed by atoms with Crippen LogP contribution in [0.2, 0.25) is 10.2 Å². The molecule has 0 saturated heterocycles. The van der Waals surface area contributed by atoms with E-state index in [1.807, 2.05) is 48.2 Å². The predicted molar refractivity (Wildman–Crippen MR) is 148 cm³/mol. The van der Waals surface area contributed by atoms with Crippen LogP contribution < -0.4 is 15.4 Å². The molecule has 0 amide bonds. The molecule has 5 rings (SSSR count). The van der Waals surface area contributed by atoms with Crippen molar-refractivity contribution in [1.29, 1.82) is 5.26 Å². The molecular weight excluding hydrogens is 521 g/mol. The lowest BCUT2D eigenvalue weighted by Crippen LogP contribution is -2.42. The smallest absolute Gasteiger partial charge is 0.162 e. The van der Waals surface area contributed by atoms with Crippen LogP contribution in [-0.2, 0) is 4.79 Å². The molecule has 0 radical (unpaired) electrons. The molecule has 7 nitrogen and oxygen atoms in total. The van der Waals surface area contributed by atoms with Crippen LogP contribution in [0.1, 0.15) is 43.9 Å². The monoisotopic (exact) mass is 547 g/mol. The maximum Gasteiger partial charge on any atom is 0.162 e. The van der Waals surface area contributed by atoms with Gasteiger partial charge in [0.05, 0.1) is 36.1 Å². The Bertz CT molecular complexity index is 1560. The van der Waals surface area contributed by atoms with E-state index in [9.17, 15) is 10.1 Å². The highest BCUT2D eigenvalue weighted by Gasteiger charge is 2.46. The number of carbonyl (C=O) groups excluding carboxylic acids is 1. The van der Waals surface area contributed by atoms with Crippen LogP contribution >= 0.6 is 23.2 Å². The molecule has 38 heavy (non-hydrogen) atoms. The fourth-order valence-electron chi connectivity index (χ4n) is 5.44. The van der Waals surface area contributed by atoms with Crippen molar-refractivity contribution in [1.82, 2.24) is 9.78 Å². The van der Waals surface area contributed by atoms with Crippen molar-refractivity contribution >= 4 is 34.7 Å². The maximum atomic E-state index is 13.9. The number of Topliss-reactive ketones (excluding diaryl/α,β-unsaturated/α-hetero) is 1. The Morgan fingerprint density at radius 3 is 2.47 bits per heavy atom. The van der Waals surface area contributed by atoms with Gasteiger partial charge in [-0.2, -0.15) is 10.4 Å². The first-order valence-electron chi connectivity index (χ1n) is 12.2. The molecule has 2 aliphatic rings. The van der Waals surface area contributed by atoms with E-state index in [0.717, 1.165) is 11.4 Å². The number of aryl methyl sites for hydroxylation is 1. The molecule has 2 aromatic carbocycles. The van der Waals surface area contributed by atoms with Crippen LogP contribution in [0, 0.1) is 23.7 Å². The topological polar surface area (TPSA) is 97.2 Å². The molecule has 0 saturated carbocycles. The van der Waals surface area contributed by atoms with Crippen LogP contribution in [0.4, 0.5) is 5.69 Å². The Labute approximate surface area is 231 Å². The first kappa shape index (κ1) is 25.9. The number of hydrogen-bond acceptors (Lipinski definition) is 6. The highest BCUT2D eigenvalue weighted by molar-refractivity contribution is 6.31. The van der Waals surface area contributed by atoms with Gasteiger partial charge in [0.25, 0.3) is 0 Å². The number of nitrogens with two attached hydrogens (primary N) is 1. The highest BCUT2D eigenvalue weighted by Crippen LogP contribution is 2.52. The van der Waals surface area contributed by atoms with E-state index in [2.05, 4.69) is 25.0 Å². The van der Waals surface area contributed by atoms with Gasteiger partial charge < -0.3 is 10.5 Å². The summed E-state index contributed by atoms with van der Waals surface area (Å²) in [7, 11) is 1.60. The number of carbonyl (C=O) groups is 1. The van der Waals surface area contributed by atoms with Gasteiger partial charge in [-0.3, -0.25) is 9.69 Å². The van der Waals surface area contributed by atoms with Crippen molar-refractivity contribution in [2.75, 3.05) is 12.0 Å². The molecule has 1 aliphatic heterocycles. The molecule has 0 fully saturated rings. The van der Waals surface area contributed by atoms with E-state index < -0.39 is 5.92 Å². The third-order valence-electron chi connectivity index (χ3n) is 7.10. The first-order chi connectivity index (χ1) is 18.1. The number of rotatable bonds is 4. The molecule has 2 N–H and O–H groups in total. The van der Waals surface area contributed by atoms with Gasteiger partial charge in [-0.1, -0.05) is 43.1 Å². The number of nitrogens with zero attached hydrogens (tertiary/aromatic N) is 4. The van der Waals surface area contributed by atoms with Crippen LogP contribution in [-0.4, -0.2) is 22.7 Å². The number of benzene rings is 2. The lowest BCUT2D eigenvalue weighted by molar-refractivity contribution is -0.118. The molecule has 1 aromatic heterocycles. The van der Waals surface area contributed by atoms with Gasteiger partial charge >= 0.3 is 0 Å². The summed E-state index contributed by atoms with van der Waals surface area (Å²) in [6.07, 6.45) is 0.936. The standard InChI is InChI=1S/C29H27Cl2N5O2/c1-16-24(27(31)36(34-16)19-7-5-6-17(30)12-19)25-21(15-32)28(33)35(18-8-10-20(38-4)11-9-18)22-13-29(2,3)14-23(37)26(22)25/h5-12,25H,13-14,33H2,1-4H3. The van der Waals surface area contributed by atoms with Gasteiger partial charge in [-0.05, 0) is 61.2 Å². The molecule has 3 aromatic rings. The summed E-state index contributed by atoms with van der Waals surface area (Å²) in [5, 5.41) is 15.9. The van der Waals surface area contributed by atoms with E-state index in [1.54, 1.807) is 23.9 Å². The second kappa shape index (κ2) is 9.54. The van der Waals surface area contributed by atoms with Gasteiger partial charge in [0, 0.05) is 34.0 Å². The van der Waals surface area contributed by atoms with Crippen molar-refractivity contribution in [2.45, 2.75) is 39.5 Å². The number of hydrogen-bond donors (Lipinski definition) is 1. The summed E-state index contributed by atoms with van der Waals surface area (Å²) in [5.74, 6) is 0.175. The zero-order valence-corrected chi connectivity index (χ0v) is 23.1. The summed E-state index contributed by atoms with van der Waals surface area (Å²) in [6.45, 7) is 5.94. The van der Waals surface area contributed by atoms with Crippen molar-refractivity contribution in [2.24, 2.45) is 11.1 Å². The molecule has 194 valence electrons. The first-order valence-corrected chi connectivity index (χ1v) is 12.9. The quantitative estimate of drug-likeness (QED) is 0.403. The van der Waals surface area contributed by atoms with Crippen molar-refractivity contribution in [3.8, 4) is 17.5 Å². The average molecular weight is 548 g/mol. The van der Waals surface area contributed by atoms with Crippen LogP contribution in [0.25, 0.3) is 5.69 Å². The predicted octanol–water partition coefficient (Wildman–Crippen LogP) is 6.44. The molecule has 2 heterocycles. The third kappa shape index (κ3) is 4.24. The molecule has 1 unspecified atom stereocenters. The average Bonchev–Trinajstić information content (AvgIpc) is 3.16. The SMILES string of the molecule is COc1ccc(N2C(N)=C(C#N)C(c3c(C)nn(-c4cccc(Cl)c4)c3Cl)C3=C2CC(C)(C)CC3=O)cc1. The lowest BCUT2D eigenvalue weighted by atomic mass is 9.68. The van der Waals surface area contributed by atoms with Gasteiger partial charge in [0.1, 0.15) is 16.7 Å². The zero-order chi connectivity index (χ0) is 27.4. The van der Waals surface area contributed by atoms with Crippen molar-refractivity contribution in [3.05, 3.63) is 92.6 Å². The van der Waals surface area contributed by atoms with E-state index in [1.165, 1.54) is 0 Å². The second-order valence-corrected chi connectivity index (χ2v) is 11.2. The number of aromatic nitrogens is 2. The molecule has 9 heteroatoms. The minimum Gasteiger partial charge on any atom is -0.497 e. The maximum absolute atomic E-state index is 13.9. The number of allylic oxidation sites excluding steroid dienone is 3. The number of ketones is 1. The Balaban J connectivity index is 1.76. The minimum atomic E-state index is -0.742. The Hall–Kier alpha value is -3.73. The normalized spacial score (nSPS) is 18.9. The zero-order valence-electron chi connectivity index (χ0n) is 21.5. The van der Waals surface area contributed by atoms with E-state index in [-0.39, 0.29) is 22.6 Å². The highest BCUT2D eigenvalue weighted by atomic mass is 35.5. The summed E-state index contributed by atoms with van der Waals surface area (Å²) >= 11 is 13.2. The Morgan fingerprint density at radius 2 is 1.84 bits per heavy atom. The summed E-state index contributed by atoms with van der Waals surface area (Å²) in [5.41, 5.74) is 10.6.